The predicted octanol–water partition coefficient (Wildman–Crippen LogP) is 4.94. The van der Waals surface area contributed by atoms with Crippen LogP contribution in [0.15, 0.2) is 71.3 Å². The monoisotopic (exact) mass is 458 g/mol. The molecular weight excluding hydrogens is 435 g/mol. The lowest BCUT2D eigenvalue weighted by molar-refractivity contribution is -0.116. The molecule has 5 rings (SSSR count). The molecule has 5 aromatic rings. The van der Waals surface area contributed by atoms with Crippen LogP contribution >= 0.6 is 0 Å². The minimum Gasteiger partial charge on any atom is -0.396 e. The Morgan fingerprint density at radius 1 is 1.03 bits per heavy atom. The van der Waals surface area contributed by atoms with Crippen molar-refractivity contribution in [3.8, 4) is 11.4 Å². The van der Waals surface area contributed by atoms with E-state index in [1.165, 1.54) is 12.1 Å². The molecule has 7 nitrogen and oxygen atoms in total. The highest BCUT2D eigenvalue weighted by atomic mass is 19.1. The van der Waals surface area contributed by atoms with Crippen molar-refractivity contribution in [2.24, 2.45) is 0 Å². The van der Waals surface area contributed by atoms with E-state index in [0.717, 1.165) is 28.4 Å². The van der Waals surface area contributed by atoms with Crippen molar-refractivity contribution in [1.82, 2.24) is 14.7 Å². The Bertz CT molecular complexity index is 1460. The van der Waals surface area contributed by atoms with Crippen molar-refractivity contribution in [3.05, 3.63) is 78.4 Å². The molecule has 1 amide bonds. The standard InChI is InChI=1S/C26H23FN4O3/c27-18-8-6-17(7-9-18)26-29-25(34-30-26)13-12-24(33)28-19-10-11-23-21(16-19)20-4-1-2-5-22(20)31(23)14-3-15-32/h1-2,4-11,16,32H,3,12-15H2,(H,28,33). The Labute approximate surface area is 194 Å². The van der Waals surface area contributed by atoms with Gasteiger partial charge in [-0.1, -0.05) is 23.4 Å². The van der Waals surface area contributed by atoms with Gasteiger partial charge in [-0.3, -0.25) is 4.79 Å². The van der Waals surface area contributed by atoms with Crippen LogP contribution in [0, 0.1) is 5.82 Å². The molecule has 8 heteroatoms. The molecule has 0 bridgehead atoms. The second-order valence-corrected chi connectivity index (χ2v) is 8.04. The molecule has 0 aliphatic heterocycles. The van der Waals surface area contributed by atoms with Gasteiger partial charge in [0.1, 0.15) is 5.82 Å². The average molecular weight is 458 g/mol. The number of aliphatic hydroxyl groups excluding tert-OH is 1. The zero-order chi connectivity index (χ0) is 23.5. The van der Waals surface area contributed by atoms with Gasteiger partial charge in [0, 0.05) is 59.0 Å². The second-order valence-electron chi connectivity index (χ2n) is 8.04. The maximum absolute atomic E-state index is 13.1. The van der Waals surface area contributed by atoms with Crippen LogP contribution in [-0.2, 0) is 17.8 Å². The predicted molar refractivity (Wildman–Crippen MR) is 128 cm³/mol. The lowest BCUT2D eigenvalue weighted by Crippen LogP contribution is -2.12. The molecule has 0 atom stereocenters. The van der Waals surface area contributed by atoms with Crippen molar-refractivity contribution < 1.29 is 18.8 Å². The first-order valence-corrected chi connectivity index (χ1v) is 11.1. The number of carbonyl (C=O) groups excluding carboxylic acids is 1. The van der Waals surface area contributed by atoms with E-state index < -0.39 is 0 Å². The number of anilines is 1. The molecule has 0 unspecified atom stereocenters. The summed E-state index contributed by atoms with van der Waals surface area (Å²) in [5.41, 5.74) is 3.52. The van der Waals surface area contributed by atoms with Gasteiger partial charge < -0.3 is 19.5 Å². The molecule has 2 N–H and O–H groups in total. The Hall–Kier alpha value is -4.04. The zero-order valence-corrected chi connectivity index (χ0v) is 18.4. The molecule has 0 radical (unpaired) electrons. The van der Waals surface area contributed by atoms with Crippen LogP contribution in [0.4, 0.5) is 10.1 Å². The quantitative estimate of drug-likeness (QED) is 0.344. The molecule has 0 spiro atoms. The molecule has 172 valence electrons. The number of hydrogen-bond donors (Lipinski definition) is 2. The molecule has 3 aromatic carbocycles. The van der Waals surface area contributed by atoms with Gasteiger partial charge in [0.2, 0.25) is 17.6 Å². The van der Waals surface area contributed by atoms with Gasteiger partial charge in [-0.2, -0.15) is 4.98 Å². The second kappa shape index (κ2) is 9.44. The minimum absolute atomic E-state index is 0.133. The van der Waals surface area contributed by atoms with E-state index in [0.29, 0.717) is 35.8 Å². The Morgan fingerprint density at radius 3 is 2.65 bits per heavy atom. The highest BCUT2D eigenvalue weighted by Gasteiger charge is 2.13. The number of halogens is 1. The van der Waals surface area contributed by atoms with Crippen LogP contribution < -0.4 is 5.32 Å². The molecule has 0 aliphatic carbocycles. The fraction of sp³-hybridized carbons (Fsp3) is 0.192. The SMILES string of the molecule is O=C(CCc1nc(-c2ccc(F)cc2)no1)Nc1ccc2c(c1)c1ccccc1n2CCCO. The molecule has 0 saturated carbocycles. The summed E-state index contributed by atoms with van der Waals surface area (Å²) in [7, 11) is 0. The summed E-state index contributed by atoms with van der Waals surface area (Å²) >= 11 is 0. The zero-order valence-electron chi connectivity index (χ0n) is 18.4. The van der Waals surface area contributed by atoms with E-state index in [1.807, 2.05) is 30.3 Å². The van der Waals surface area contributed by atoms with Crippen molar-refractivity contribution in [2.45, 2.75) is 25.8 Å². The Kier molecular flexibility index (Phi) is 6.05. The van der Waals surface area contributed by atoms with Crippen molar-refractivity contribution in [2.75, 3.05) is 11.9 Å². The number of aliphatic hydroxyl groups is 1. The third kappa shape index (κ3) is 4.40. The summed E-state index contributed by atoms with van der Waals surface area (Å²) in [5.74, 6) is 0.206. The number of nitrogens with one attached hydrogen (secondary N) is 1. The largest absolute Gasteiger partial charge is 0.396 e. The fourth-order valence-corrected chi connectivity index (χ4v) is 4.12. The molecule has 0 fully saturated rings. The molecule has 0 saturated heterocycles. The van der Waals surface area contributed by atoms with E-state index in [9.17, 15) is 14.3 Å². The van der Waals surface area contributed by atoms with E-state index in [2.05, 4.69) is 32.2 Å². The first kappa shape index (κ1) is 21.8. The van der Waals surface area contributed by atoms with Gasteiger partial charge in [0.25, 0.3) is 0 Å². The van der Waals surface area contributed by atoms with Crippen molar-refractivity contribution in [3.63, 3.8) is 0 Å². The van der Waals surface area contributed by atoms with Crippen LogP contribution in [0.5, 0.6) is 0 Å². The smallest absolute Gasteiger partial charge is 0.227 e. The number of hydrogen-bond acceptors (Lipinski definition) is 5. The number of amides is 1. The molecule has 0 aliphatic rings. The summed E-state index contributed by atoms with van der Waals surface area (Å²) in [5, 5.41) is 18.3. The topological polar surface area (TPSA) is 93.2 Å². The van der Waals surface area contributed by atoms with Crippen molar-refractivity contribution in [1.29, 1.82) is 0 Å². The van der Waals surface area contributed by atoms with Gasteiger partial charge in [-0.25, -0.2) is 4.39 Å². The van der Waals surface area contributed by atoms with Gasteiger partial charge in [0.15, 0.2) is 0 Å². The Morgan fingerprint density at radius 2 is 1.82 bits per heavy atom. The first-order chi connectivity index (χ1) is 16.6. The van der Waals surface area contributed by atoms with E-state index in [4.69, 9.17) is 4.52 Å². The number of carbonyl (C=O) groups is 1. The third-order valence-corrected chi connectivity index (χ3v) is 5.73. The minimum atomic E-state index is -0.336. The number of rotatable bonds is 8. The van der Waals surface area contributed by atoms with Crippen LogP contribution in [0.25, 0.3) is 33.2 Å². The molecule has 2 heterocycles. The fourth-order valence-electron chi connectivity index (χ4n) is 4.12. The Balaban J connectivity index is 1.28. The van der Waals surface area contributed by atoms with E-state index in [1.54, 1.807) is 12.1 Å². The summed E-state index contributed by atoms with van der Waals surface area (Å²) in [6.07, 6.45) is 1.15. The van der Waals surface area contributed by atoms with Gasteiger partial charge in [-0.05, 0) is 55.0 Å². The van der Waals surface area contributed by atoms with Crippen molar-refractivity contribution >= 4 is 33.4 Å². The van der Waals surface area contributed by atoms with Crippen LogP contribution in [0.2, 0.25) is 0 Å². The van der Waals surface area contributed by atoms with Gasteiger partial charge in [0.05, 0.1) is 0 Å². The maximum atomic E-state index is 13.1. The number of aromatic nitrogens is 3. The number of fused-ring (bicyclic) bond motifs is 3. The maximum Gasteiger partial charge on any atom is 0.227 e. The number of aryl methyl sites for hydroxylation is 2. The van der Waals surface area contributed by atoms with Gasteiger partial charge >= 0.3 is 0 Å². The number of para-hydroxylation sites is 1. The molecule has 34 heavy (non-hydrogen) atoms. The number of nitrogens with zero attached hydrogens (tertiary/aromatic N) is 3. The highest BCUT2D eigenvalue weighted by Crippen LogP contribution is 2.31. The first-order valence-electron chi connectivity index (χ1n) is 11.1. The normalized spacial score (nSPS) is 11.4. The lowest BCUT2D eigenvalue weighted by Gasteiger charge is -2.07. The van der Waals surface area contributed by atoms with Crippen LogP contribution in [0.3, 0.4) is 0 Å². The third-order valence-electron chi connectivity index (χ3n) is 5.73. The van der Waals surface area contributed by atoms with Gasteiger partial charge in [-0.15, -0.1) is 0 Å². The highest BCUT2D eigenvalue weighted by molar-refractivity contribution is 6.09. The lowest BCUT2D eigenvalue weighted by atomic mass is 10.1. The number of benzene rings is 3. The molecular formula is C26H23FN4O3. The van der Waals surface area contributed by atoms with Crippen LogP contribution in [-0.4, -0.2) is 32.3 Å². The summed E-state index contributed by atoms with van der Waals surface area (Å²) in [6.45, 7) is 0.851. The van der Waals surface area contributed by atoms with E-state index >= 15 is 0 Å². The van der Waals surface area contributed by atoms with Crippen LogP contribution in [0.1, 0.15) is 18.7 Å². The summed E-state index contributed by atoms with van der Waals surface area (Å²) in [6, 6.07) is 19.8. The molecule has 2 aromatic heterocycles. The van der Waals surface area contributed by atoms with E-state index in [-0.39, 0.29) is 24.8 Å². The average Bonchev–Trinajstić information content (AvgIpc) is 3.45. The summed E-state index contributed by atoms with van der Waals surface area (Å²) < 4.78 is 20.5. The summed E-state index contributed by atoms with van der Waals surface area (Å²) in [4.78, 5) is 16.9.